The number of aliphatic hydroxyl groups excluding tert-OH is 1. The minimum Gasteiger partial charge on any atom is -0.507 e. The van der Waals surface area contributed by atoms with E-state index in [1.807, 2.05) is 50.2 Å². The van der Waals surface area contributed by atoms with E-state index >= 15 is 0 Å². The third kappa shape index (κ3) is 4.09. The molecule has 4 aromatic rings. The zero-order valence-corrected chi connectivity index (χ0v) is 20.8. The molecule has 3 aromatic carbocycles. The first-order chi connectivity index (χ1) is 17.4. The van der Waals surface area contributed by atoms with Gasteiger partial charge in [0.15, 0.2) is 5.13 Å². The van der Waals surface area contributed by atoms with Crippen LogP contribution in [0.15, 0.2) is 72.3 Å². The Labute approximate surface area is 212 Å². The molecule has 1 amide bonds. The quantitative estimate of drug-likeness (QED) is 0.209. The number of ketones is 1. The molecule has 36 heavy (non-hydrogen) atoms. The number of aliphatic hydroxyl groups is 1. The van der Waals surface area contributed by atoms with Gasteiger partial charge in [-0.15, -0.1) is 0 Å². The van der Waals surface area contributed by atoms with Crippen molar-refractivity contribution in [2.75, 3.05) is 18.6 Å². The van der Waals surface area contributed by atoms with E-state index in [1.165, 1.54) is 16.2 Å². The van der Waals surface area contributed by atoms with Crippen LogP contribution < -0.4 is 14.4 Å². The number of methoxy groups -OCH3 is 1. The highest BCUT2D eigenvalue weighted by Gasteiger charge is 2.48. The van der Waals surface area contributed by atoms with Crippen molar-refractivity contribution >= 4 is 44.1 Å². The van der Waals surface area contributed by atoms with Crippen LogP contribution in [0.4, 0.5) is 5.13 Å². The van der Waals surface area contributed by atoms with Crippen LogP contribution in [-0.4, -0.2) is 35.5 Å². The number of aromatic nitrogens is 1. The van der Waals surface area contributed by atoms with Crippen molar-refractivity contribution in [3.63, 3.8) is 0 Å². The number of benzene rings is 3. The lowest BCUT2D eigenvalue weighted by molar-refractivity contribution is -0.132. The molecule has 0 radical (unpaired) electrons. The van der Waals surface area contributed by atoms with E-state index in [9.17, 15) is 14.7 Å². The summed E-state index contributed by atoms with van der Waals surface area (Å²) in [6.45, 7) is 4.36. The summed E-state index contributed by atoms with van der Waals surface area (Å²) >= 11 is 1.29. The first kappa shape index (κ1) is 23.6. The normalized spacial score (nSPS) is 17.1. The van der Waals surface area contributed by atoms with E-state index in [0.29, 0.717) is 39.9 Å². The van der Waals surface area contributed by atoms with Crippen molar-refractivity contribution < 1.29 is 24.2 Å². The van der Waals surface area contributed by atoms with Crippen LogP contribution in [-0.2, 0) is 9.59 Å². The molecule has 1 N–H and O–H groups in total. The van der Waals surface area contributed by atoms with Gasteiger partial charge in [-0.05, 0) is 61.9 Å². The van der Waals surface area contributed by atoms with Gasteiger partial charge < -0.3 is 14.6 Å². The molecule has 5 rings (SSSR count). The van der Waals surface area contributed by atoms with Crippen LogP contribution in [0.25, 0.3) is 16.0 Å². The topological polar surface area (TPSA) is 89.0 Å². The first-order valence-corrected chi connectivity index (χ1v) is 12.3. The van der Waals surface area contributed by atoms with Gasteiger partial charge in [0.1, 0.15) is 17.3 Å². The second kappa shape index (κ2) is 9.47. The van der Waals surface area contributed by atoms with Gasteiger partial charge in [0, 0.05) is 5.56 Å². The van der Waals surface area contributed by atoms with E-state index in [0.717, 1.165) is 10.3 Å². The Morgan fingerprint density at radius 1 is 1.03 bits per heavy atom. The number of amides is 1. The number of Topliss-reactive ketones (excluding diaryl/α,β-unsaturated/α-hetero) is 1. The maximum absolute atomic E-state index is 13.4. The molecular weight excluding hydrogens is 476 g/mol. The molecule has 1 saturated heterocycles. The molecule has 1 fully saturated rings. The lowest BCUT2D eigenvalue weighted by Gasteiger charge is -2.23. The SMILES string of the molecule is CCOc1ccc(C(O)=C2C(=O)C(=O)N(c3nc4ccc(OC)cc4s3)[C@H]2c2ccc(C)cc2)cc1. The first-order valence-electron chi connectivity index (χ1n) is 11.5. The zero-order valence-electron chi connectivity index (χ0n) is 20.0. The van der Waals surface area contributed by atoms with Crippen molar-refractivity contribution in [2.24, 2.45) is 0 Å². The van der Waals surface area contributed by atoms with Crippen LogP contribution >= 0.6 is 11.3 Å². The highest BCUT2D eigenvalue weighted by atomic mass is 32.1. The third-order valence-electron chi connectivity index (χ3n) is 6.07. The molecule has 7 nitrogen and oxygen atoms in total. The summed E-state index contributed by atoms with van der Waals surface area (Å²) in [5.41, 5.74) is 2.86. The summed E-state index contributed by atoms with van der Waals surface area (Å²) in [5, 5.41) is 11.7. The summed E-state index contributed by atoms with van der Waals surface area (Å²) in [7, 11) is 1.58. The van der Waals surface area contributed by atoms with E-state index < -0.39 is 17.7 Å². The fraction of sp³-hybridized carbons (Fsp3) is 0.179. The van der Waals surface area contributed by atoms with Crippen LogP contribution in [0.2, 0.25) is 0 Å². The van der Waals surface area contributed by atoms with Crippen molar-refractivity contribution in [3.05, 3.63) is 89.0 Å². The van der Waals surface area contributed by atoms with Crippen LogP contribution in [0.1, 0.15) is 29.7 Å². The van der Waals surface area contributed by atoms with Crippen molar-refractivity contribution in [3.8, 4) is 11.5 Å². The zero-order chi connectivity index (χ0) is 25.4. The average molecular weight is 501 g/mol. The fourth-order valence-electron chi connectivity index (χ4n) is 4.25. The van der Waals surface area contributed by atoms with Crippen LogP contribution in [0, 0.1) is 6.92 Å². The highest BCUT2D eigenvalue weighted by molar-refractivity contribution is 7.22. The number of rotatable bonds is 6. The van der Waals surface area contributed by atoms with Gasteiger partial charge in [0.25, 0.3) is 5.78 Å². The predicted octanol–water partition coefficient (Wildman–Crippen LogP) is 5.64. The Bertz CT molecular complexity index is 1490. The number of aryl methyl sites for hydroxylation is 1. The van der Waals surface area contributed by atoms with Crippen LogP contribution in [0.5, 0.6) is 11.5 Å². The lowest BCUT2D eigenvalue weighted by Crippen LogP contribution is -2.29. The van der Waals surface area contributed by atoms with Gasteiger partial charge in [0.05, 0.1) is 35.5 Å². The number of anilines is 1. The fourth-order valence-corrected chi connectivity index (χ4v) is 5.27. The van der Waals surface area contributed by atoms with Crippen molar-refractivity contribution in [1.29, 1.82) is 0 Å². The number of thiazole rings is 1. The van der Waals surface area contributed by atoms with Crippen LogP contribution in [0.3, 0.4) is 0 Å². The molecule has 0 bridgehead atoms. The summed E-state index contributed by atoms with van der Waals surface area (Å²) < 4.78 is 11.6. The number of nitrogens with zero attached hydrogens (tertiary/aromatic N) is 2. The monoisotopic (exact) mass is 500 g/mol. The van der Waals surface area contributed by atoms with Crippen molar-refractivity contribution in [1.82, 2.24) is 4.98 Å². The van der Waals surface area contributed by atoms with E-state index in [1.54, 1.807) is 37.4 Å². The Morgan fingerprint density at radius 3 is 2.39 bits per heavy atom. The number of hydrogen-bond acceptors (Lipinski definition) is 7. The van der Waals surface area contributed by atoms with Gasteiger partial charge >= 0.3 is 5.91 Å². The molecule has 0 spiro atoms. The number of carbonyl (C=O) groups is 2. The van der Waals surface area contributed by atoms with E-state index in [4.69, 9.17) is 9.47 Å². The molecule has 182 valence electrons. The molecule has 1 atom stereocenters. The summed E-state index contributed by atoms with van der Waals surface area (Å²) in [6, 6.07) is 18.9. The maximum atomic E-state index is 13.4. The van der Waals surface area contributed by atoms with E-state index in [2.05, 4.69) is 4.98 Å². The second-order valence-corrected chi connectivity index (χ2v) is 9.38. The Morgan fingerprint density at radius 2 is 1.72 bits per heavy atom. The molecule has 1 aliphatic rings. The van der Waals surface area contributed by atoms with Gasteiger partial charge in [0.2, 0.25) is 0 Å². The molecule has 1 aromatic heterocycles. The van der Waals surface area contributed by atoms with Gasteiger partial charge in [-0.1, -0.05) is 41.2 Å². The van der Waals surface area contributed by atoms with E-state index in [-0.39, 0.29) is 11.3 Å². The lowest BCUT2D eigenvalue weighted by atomic mass is 9.95. The molecule has 2 heterocycles. The Balaban J connectivity index is 1.67. The Kier molecular flexibility index (Phi) is 6.20. The molecule has 0 saturated carbocycles. The van der Waals surface area contributed by atoms with Gasteiger partial charge in [-0.25, -0.2) is 4.98 Å². The highest BCUT2D eigenvalue weighted by Crippen LogP contribution is 2.44. The molecule has 0 unspecified atom stereocenters. The number of hydrogen-bond donors (Lipinski definition) is 1. The molecule has 1 aliphatic heterocycles. The van der Waals surface area contributed by atoms with Gasteiger partial charge in [-0.3, -0.25) is 14.5 Å². The number of ether oxygens (including phenoxy) is 2. The second-order valence-electron chi connectivity index (χ2n) is 8.37. The Hall–Kier alpha value is -4.17. The van der Waals surface area contributed by atoms with Crippen molar-refractivity contribution in [2.45, 2.75) is 19.9 Å². The minimum absolute atomic E-state index is 0.0184. The average Bonchev–Trinajstić information content (AvgIpc) is 3.42. The number of carbonyl (C=O) groups excluding carboxylic acids is 2. The molecule has 8 heteroatoms. The largest absolute Gasteiger partial charge is 0.507 e. The maximum Gasteiger partial charge on any atom is 0.301 e. The smallest absolute Gasteiger partial charge is 0.301 e. The predicted molar refractivity (Wildman–Crippen MR) is 140 cm³/mol. The number of fused-ring (bicyclic) bond motifs is 1. The summed E-state index contributed by atoms with van der Waals surface area (Å²) in [6.07, 6.45) is 0. The van der Waals surface area contributed by atoms with Gasteiger partial charge in [-0.2, -0.15) is 0 Å². The summed E-state index contributed by atoms with van der Waals surface area (Å²) in [5.74, 6) is -0.421. The summed E-state index contributed by atoms with van der Waals surface area (Å²) in [4.78, 5) is 32.8. The third-order valence-corrected chi connectivity index (χ3v) is 7.08. The standard InChI is InChI=1S/C28H24N2O5S/c1-4-35-19-11-9-18(10-12-19)25(31)23-24(17-7-5-16(2)6-8-17)30(27(33)26(23)32)28-29-21-14-13-20(34-3)15-22(21)36-28/h5-15,24,31H,4H2,1-3H3/t24-/m0/s1. The molecule has 0 aliphatic carbocycles. The minimum atomic E-state index is -0.834. The molecular formula is C28H24N2O5S.